The van der Waals surface area contributed by atoms with Gasteiger partial charge in [0, 0.05) is 26.3 Å². The van der Waals surface area contributed by atoms with Crippen LogP contribution in [0.3, 0.4) is 0 Å². The molecule has 1 atom stereocenters. The molecule has 0 aromatic carbocycles. The van der Waals surface area contributed by atoms with Crippen molar-refractivity contribution in [1.29, 1.82) is 0 Å². The number of sulfone groups is 1. The maximum Gasteiger partial charge on any atom is 0.151 e. The minimum absolute atomic E-state index is 0.145. The van der Waals surface area contributed by atoms with Crippen molar-refractivity contribution in [1.82, 2.24) is 5.32 Å². The Hall–Kier alpha value is -0.130. The van der Waals surface area contributed by atoms with Gasteiger partial charge in [0.2, 0.25) is 0 Å². The number of hydrogen-bond acceptors (Lipinski definition) is 4. The molecule has 1 aliphatic heterocycles. The molecule has 1 fully saturated rings. The van der Waals surface area contributed by atoms with E-state index < -0.39 is 9.84 Å². The van der Waals surface area contributed by atoms with E-state index in [-0.39, 0.29) is 11.5 Å². The van der Waals surface area contributed by atoms with Crippen LogP contribution in [0.4, 0.5) is 0 Å². The monoisotopic (exact) mass is 249 g/mol. The van der Waals surface area contributed by atoms with Crippen molar-refractivity contribution in [3.63, 3.8) is 0 Å². The number of hydrogen-bond donors (Lipinski definition) is 1. The second kappa shape index (κ2) is 5.47. The van der Waals surface area contributed by atoms with Gasteiger partial charge in [-0.1, -0.05) is 13.8 Å². The van der Waals surface area contributed by atoms with Gasteiger partial charge in [0.15, 0.2) is 9.84 Å². The van der Waals surface area contributed by atoms with Crippen molar-refractivity contribution in [3.8, 4) is 0 Å². The van der Waals surface area contributed by atoms with E-state index >= 15 is 0 Å². The molecule has 96 valence electrons. The normalized spacial score (nSPS) is 24.8. The highest BCUT2D eigenvalue weighted by molar-refractivity contribution is 7.91. The Balaban J connectivity index is 2.29. The van der Waals surface area contributed by atoms with E-state index in [0.29, 0.717) is 11.5 Å². The Morgan fingerprint density at radius 1 is 1.44 bits per heavy atom. The van der Waals surface area contributed by atoms with Crippen LogP contribution in [0.1, 0.15) is 26.7 Å². The molecule has 0 amide bonds. The molecule has 1 saturated heterocycles. The Bertz CT molecular complexity index is 311. The van der Waals surface area contributed by atoms with Crippen LogP contribution in [-0.4, -0.2) is 46.2 Å². The Kier molecular flexibility index (Phi) is 4.76. The van der Waals surface area contributed by atoms with Gasteiger partial charge in [0.05, 0.1) is 11.5 Å². The van der Waals surface area contributed by atoms with Crippen molar-refractivity contribution in [2.24, 2.45) is 5.41 Å². The molecule has 0 spiro atoms. The minimum Gasteiger partial charge on any atom is -0.385 e. The van der Waals surface area contributed by atoms with Crippen molar-refractivity contribution in [2.45, 2.75) is 32.7 Å². The minimum atomic E-state index is -2.77. The van der Waals surface area contributed by atoms with Crippen LogP contribution in [0.5, 0.6) is 0 Å². The fourth-order valence-electron chi connectivity index (χ4n) is 1.84. The second-order valence-corrected chi connectivity index (χ2v) is 7.62. The first-order chi connectivity index (χ1) is 7.35. The summed E-state index contributed by atoms with van der Waals surface area (Å²) in [6.07, 6.45) is 1.73. The summed E-state index contributed by atoms with van der Waals surface area (Å²) < 4.78 is 27.6. The van der Waals surface area contributed by atoms with Crippen LogP contribution in [0.15, 0.2) is 0 Å². The summed E-state index contributed by atoms with van der Waals surface area (Å²) >= 11 is 0. The number of methoxy groups -OCH3 is 1. The van der Waals surface area contributed by atoms with E-state index in [1.54, 1.807) is 7.11 Å². The van der Waals surface area contributed by atoms with E-state index in [4.69, 9.17) is 4.74 Å². The quantitative estimate of drug-likeness (QED) is 0.757. The van der Waals surface area contributed by atoms with Gasteiger partial charge in [-0.25, -0.2) is 8.42 Å². The molecule has 0 saturated carbocycles. The van der Waals surface area contributed by atoms with Crippen molar-refractivity contribution in [3.05, 3.63) is 0 Å². The molecule has 0 aliphatic carbocycles. The van der Waals surface area contributed by atoms with Gasteiger partial charge in [0.1, 0.15) is 0 Å². The largest absolute Gasteiger partial charge is 0.385 e. The molecular formula is C11H23NO3S. The molecule has 1 unspecified atom stereocenters. The van der Waals surface area contributed by atoms with E-state index in [2.05, 4.69) is 19.2 Å². The SMILES string of the molecule is COCCC(C)(C)CNC1CCS(=O)(=O)C1. The second-order valence-electron chi connectivity index (χ2n) is 5.39. The zero-order valence-electron chi connectivity index (χ0n) is 10.5. The lowest BCUT2D eigenvalue weighted by atomic mass is 9.89. The molecule has 0 aromatic rings. The molecule has 1 rings (SSSR count). The van der Waals surface area contributed by atoms with Crippen molar-refractivity contribution >= 4 is 9.84 Å². The lowest BCUT2D eigenvalue weighted by Crippen LogP contribution is -2.38. The lowest BCUT2D eigenvalue weighted by molar-refractivity contribution is 0.149. The summed E-state index contributed by atoms with van der Waals surface area (Å²) in [6, 6.07) is 0.145. The van der Waals surface area contributed by atoms with E-state index in [1.807, 2.05) is 0 Å². The van der Waals surface area contributed by atoms with Gasteiger partial charge >= 0.3 is 0 Å². The molecule has 1 heterocycles. The Morgan fingerprint density at radius 3 is 2.62 bits per heavy atom. The van der Waals surface area contributed by atoms with Gasteiger partial charge in [-0.2, -0.15) is 0 Å². The average molecular weight is 249 g/mol. The third kappa shape index (κ3) is 4.80. The Morgan fingerprint density at radius 2 is 2.12 bits per heavy atom. The summed E-state index contributed by atoms with van der Waals surface area (Å²) in [7, 11) is -1.07. The maximum absolute atomic E-state index is 11.3. The lowest BCUT2D eigenvalue weighted by Gasteiger charge is -2.26. The summed E-state index contributed by atoms with van der Waals surface area (Å²) in [5.41, 5.74) is 0.155. The summed E-state index contributed by atoms with van der Waals surface area (Å²) in [5.74, 6) is 0.635. The van der Waals surface area contributed by atoms with Gasteiger partial charge in [-0.05, 0) is 18.3 Å². The third-order valence-electron chi connectivity index (χ3n) is 3.08. The first-order valence-corrected chi connectivity index (χ1v) is 7.59. The number of nitrogens with one attached hydrogen (secondary N) is 1. The number of ether oxygens (including phenoxy) is 1. The first kappa shape index (κ1) is 13.9. The van der Waals surface area contributed by atoms with Crippen molar-refractivity contribution < 1.29 is 13.2 Å². The van der Waals surface area contributed by atoms with Gasteiger partial charge < -0.3 is 10.1 Å². The predicted octanol–water partition coefficient (Wildman–Crippen LogP) is 0.826. The molecule has 0 bridgehead atoms. The van der Waals surface area contributed by atoms with Crippen LogP contribution in [0, 0.1) is 5.41 Å². The van der Waals surface area contributed by atoms with Crippen LogP contribution in [-0.2, 0) is 14.6 Å². The fourth-order valence-corrected chi connectivity index (χ4v) is 3.55. The van der Waals surface area contributed by atoms with Crippen LogP contribution in [0.25, 0.3) is 0 Å². The van der Waals surface area contributed by atoms with Gasteiger partial charge in [-0.15, -0.1) is 0 Å². The van der Waals surface area contributed by atoms with E-state index in [1.165, 1.54) is 0 Å². The zero-order valence-corrected chi connectivity index (χ0v) is 11.3. The standard InChI is InChI=1S/C11H23NO3S/c1-11(2,5-6-15-3)9-12-10-4-7-16(13,14)8-10/h10,12H,4-9H2,1-3H3. The highest BCUT2D eigenvalue weighted by Crippen LogP contribution is 2.20. The molecule has 0 radical (unpaired) electrons. The van der Waals surface area contributed by atoms with Gasteiger partial charge in [0.25, 0.3) is 0 Å². The smallest absolute Gasteiger partial charge is 0.151 e. The topological polar surface area (TPSA) is 55.4 Å². The maximum atomic E-state index is 11.3. The molecular weight excluding hydrogens is 226 g/mol. The third-order valence-corrected chi connectivity index (χ3v) is 4.85. The zero-order chi connectivity index (χ0) is 12.2. The highest BCUT2D eigenvalue weighted by Gasteiger charge is 2.29. The predicted molar refractivity (Wildman–Crippen MR) is 65.3 cm³/mol. The fraction of sp³-hybridized carbons (Fsp3) is 1.00. The molecule has 16 heavy (non-hydrogen) atoms. The van der Waals surface area contributed by atoms with Crippen LogP contribution >= 0.6 is 0 Å². The van der Waals surface area contributed by atoms with E-state index in [0.717, 1.165) is 26.0 Å². The number of rotatable bonds is 6. The van der Waals surface area contributed by atoms with E-state index in [9.17, 15) is 8.42 Å². The van der Waals surface area contributed by atoms with Crippen LogP contribution < -0.4 is 5.32 Å². The molecule has 1 aliphatic rings. The van der Waals surface area contributed by atoms with Gasteiger partial charge in [-0.3, -0.25) is 0 Å². The van der Waals surface area contributed by atoms with Crippen LogP contribution in [0.2, 0.25) is 0 Å². The first-order valence-electron chi connectivity index (χ1n) is 5.77. The summed E-state index contributed by atoms with van der Waals surface area (Å²) in [4.78, 5) is 0. The average Bonchev–Trinajstić information content (AvgIpc) is 2.53. The summed E-state index contributed by atoms with van der Waals surface area (Å²) in [6.45, 7) is 5.93. The Labute approximate surface area is 98.7 Å². The molecule has 4 nitrogen and oxygen atoms in total. The molecule has 1 N–H and O–H groups in total. The summed E-state index contributed by atoms with van der Waals surface area (Å²) in [5, 5.41) is 3.35. The van der Waals surface area contributed by atoms with Crippen molar-refractivity contribution in [2.75, 3.05) is 31.8 Å². The highest BCUT2D eigenvalue weighted by atomic mass is 32.2. The molecule has 0 aromatic heterocycles. The molecule has 5 heteroatoms.